The molecule has 0 aliphatic carbocycles. The maximum absolute atomic E-state index is 5.24. The van der Waals surface area contributed by atoms with Gasteiger partial charge in [-0.1, -0.05) is 6.08 Å². The number of nitrogens with one attached hydrogen (secondary N) is 1. The molecule has 1 unspecified atom stereocenters. The molecule has 1 saturated heterocycles. The van der Waals surface area contributed by atoms with Crippen LogP contribution in [-0.4, -0.2) is 25.9 Å². The molecule has 0 aromatic carbocycles. The van der Waals surface area contributed by atoms with Crippen LogP contribution in [0.2, 0.25) is 0 Å². The highest BCUT2D eigenvalue weighted by Crippen LogP contribution is 2.05. The number of rotatable bonds is 4. The molecular weight excluding hydrogens is 142 g/mol. The fourth-order valence-corrected chi connectivity index (χ4v) is 1.06. The Morgan fingerprint density at radius 2 is 2.64 bits per heavy atom. The number of ether oxygens (including phenoxy) is 1. The SMILES string of the molecule is C=CCONC1CCCOC1. The lowest BCUT2D eigenvalue weighted by molar-refractivity contribution is -0.0217. The van der Waals surface area contributed by atoms with Gasteiger partial charge in [-0.2, -0.15) is 5.48 Å². The van der Waals surface area contributed by atoms with Crippen LogP contribution < -0.4 is 5.48 Å². The second-order valence-electron chi connectivity index (χ2n) is 2.63. The van der Waals surface area contributed by atoms with Gasteiger partial charge in [-0.25, -0.2) is 0 Å². The molecule has 1 N–H and O–H groups in total. The Morgan fingerprint density at radius 3 is 3.27 bits per heavy atom. The van der Waals surface area contributed by atoms with Gasteiger partial charge in [0, 0.05) is 6.61 Å². The minimum Gasteiger partial charge on any atom is -0.380 e. The Labute approximate surface area is 67.3 Å². The first-order valence-electron chi connectivity index (χ1n) is 3.99. The highest BCUT2D eigenvalue weighted by molar-refractivity contribution is 4.67. The monoisotopic (exact) mass is 157 g/mol. The van der Waals surface area contributed by atoms with Gasteiger partial charge in [0.15, 0.2) is 0 Å². The number of hydrogen-bond donors (Lipinski definition) is 1. The van der Waals surface area contributed by atoms with E-state index in [1.54, 1.807) is 6.08 Å². The summed E-state index contributed by atoms with van der Waals surface area (Å²) in [5.41, 5.74) is 2.93. The normalized spacial score (nSPS) is 24.9. The molecular formula is C8H15NO2. The maximum Gasteiger partial charge on any atom is 0.0861 e. The molecule has 1 aliphatic rings. The summed E-state index contributed by atoms with van der Waals surface area (Å²) in [5.74, 6) is 0. The van der Waals surface area contributed by atoms with Crippen molar-refractivity contribution in [1.82, 2.24) is 5.48 Å². The van der Waals surface area contributed by atoms with E-state index in [1.165, 1.54) is 0 Å². The summed E-state index contributed by atoms with van der Waals surface area (Å²) in [5, 5.41) is 0. The number of hydrogen-bond acceptors (Lipinski definition) is 3. The van der Waals surface area contributed by atoms with Gasteiger partial charge >= 0.3 is 0 Å². The van der Waals surface area contributed by atoms with Gasteiger partial charge in [0.05, 0.1) is 19.3 Å². The third kappa shape index (κ3) is 3.51. The average molecular weight is 157 g/mol. The highest BCUT2D eigenvalue weighted by atomic mass is 16.6. The average Bonchev–Trinajstić information content (AvgIpc) is 2.07. The van der Waals surface area contributed by atoms with Crippen LogP contribution in [0.1, 0.15) is 12.8 Å². The van der Waals surface area contributed by atoms with E-state index >= 15 is 0 Å². The predicted molar refractivity (Wildman–Crippen MR) is 43.1 cm³/mol. The summed E-state index contributed by atoms with van der Waals surface area (Å²) in [7, 11) is 0. The van der Waals surface area contributed by atoms with Crippen LogP contribution in [-0.2, 0) is 9.57 Å². The quantitative estimate of drug-likeness (QED) is 0.373. The molecule has 3 heteroatoms. The lowest BCUT2D eigenvalue weighted by Gasteiger charge is -2.22. The first-order chi connectivity index (χ1) is 5.43. The molecule has 11 heavy (non-hydrogen) atoms. The van der Waals surface area contributed by atoms with Gasteiger partial charge in [-0.05, 0) is 12.8 Å². The minimum absolute atomic E-state index is 0.365. The second-order valence-corrected chi connectivity index (χ2v) is 2.63. The largest absolute Gasteiger partial charge is 0.380 e. The first kappa shape index (κ1) is 8.71. The van der Waals surface area contributed by atoms with Gasteiger partial charge in [0.25, 0.3) is 0 Å². The Kier molecular flexibility index (Phi) is 4.19. The summed E-state index contributed by atoms with van der Waals surface area (Å²) < 4.78 is 5.24. The van der Waals surface area contributed by atoms with Crippen molar-refractivity contribution in [2.45, 2.75) is 18.9 Å². The van der Waals surface area contributed by atoms with E-state index in [2.05, 4.69) is 12.1 Å². The van der Waals surface area contributed by atoms with Gasteiger partial charge in [-0.15, -0.1) is 6.58 Å². The van der Waals surface area contributed by atoms with E-state index in [1.807, 2.05) is 0 Å². The third-order valence-electron chi connectivity index (χ3n) is 1.61. The summed E-state index contributed by atoms with van der Waals surface area (Å²) >= 11 is 0. The van der Waals surface area contributed by atoms with Gasteiger partial charge in [0.1, 0.15) is 0 Å². The van der Waals surface area contributed by atoms with Crippen LogP contribution in [0.3, 0.4) is 0 Å². The van der Waals surface area contributed by atoms with Crippen molar-refractivity contribution < 1.29 is 9.57 Å². The molecule has 0 spiro atoms. The fraction of sp³-hybridized carbons (Fsp3) is 0.750. The Bertz CT molecular complexity index is 111. The zero-order valence-corrected chi connectivity index (χ0v) is 6.71. The second kappa shape index (κ2) is 5.29. The molecule has 3 nitrogen and oxygen atoms in total. The van der Waals surface area contributed by atoms with Crippen LogP contribution >= 0.6 is 0 Å². The van der Waals surface area contributed by atoms with Crippen molar-refractivity contribution in [3.8, 4) is 0 Å². The Hall–Kier alpha value is -0.380. The van der Waals surface area contributed by atoms with E-state index in [-0.39, 0.29) is 0 Å². The van der Waals surface area contributed by atoms with Crippen molar-refractivity contribution in [1.29, 1.82) is 0 Å². The predicted octanol–water partition coefficient (Wildman–Crippen LogP) is 0.873. The van der Waals surface area contributed by atoms with Crippen molar-refractivity contribution in [3.05, 3.63) is 12.7 Å². The summed E-state index contributed by atoms with van der Waals surface area (Å²) in [6.07, 6.45) is 3.98. The zero-order valence-electron chi connectivity index (χ0n) is 6.71. The van der Waals surface area contributed by atoms with Gasteiger partial charge in [0.2, 0.25) is 0 Å². The van der Waals surface area contributed by atoms with E-state index in [4.69, 9.17) is 9.57 Å². The van der Waals surface area contributed by atoms with Crippen LogP contribution in [0.5, 0.6) is 0 Å². The molecule has 1 fully saturated rings. The van der Waals surface area contributed by atoms with Crippen molar-refractivity contribution in [3.63, 3.8) is 0 Å². The fourth-order valence-electron chi connectivity index (χ4n) is 1.06. The molecule has 0 saturated carbocycles. The van der Waals surface area contributed by atoms with E-state index in [0.717, 1.165) is 26.1 Å². The minimum atomic E-state index is 0.365. The van der Waals surface area contributed by atoms with Gasteiger partial charge in [-0.3, -0.25) is 4.84 Å². The molecule has 1 heterocycles. The molecule has 0 aromatic heterocycles. The summed E-state index contributed by atoms with van der Waals surface area (Å²) in [6, 6.07) is 0.365. The third-order valence-corrected chi connectivity index (χ3v) is 1.61. The lowest BCUT2D eigenvalue weighted by atomic mass is 10.1. The number of hydroxylamine groups is 1. The first-order valence-corrected chi connectivity index (χ1v) is 3.99. The molecule has 0 radical (unpaired) electrons. The molecule has 1 rings (SSSR count). The molecule has 0 amide bonds. The summed E-state index contributed by atoms with van der Waals surface area (Å²) in [4.78, 5) is 5.07. The van der Waals surface area contributed by atoms with Crippen LogP contribution in [0.15, 0.2) is 12.7 Å². The van der Waals surface area contributed by atoms with E-state index in [9.17, 15) is 0 Å². The van der Waals surface area contributed by atoms with E-state index < -0.39 is 0 Å². The standard InChI is InChI=1S/C8H15NO2/c1-2-5-11-9-8-4-3-6-10-7-8/h2,8-9H,1,3-7H2. The van der Waals surface area contributed by atoms with Crippen LogP contribution in [0.4, 0.5) is 0 Å². The Balaban J connectivity index is 2.00. The van der Waals surface area contributed by atoms with E-state index in [0.29, 0.717) is 12.6 Å². The summed E-state index contributed by atoms with van der Waals surface area (Å²) in [6.45, 7) is 5.75. The molecule has 1 aliphatic heterocycles. The maximum atomic E-state index is 5.24. The van der Waals surface area contributed by atoms with Crippen LogP contribution in [0, 0.1) is 0 Å². The van der Waals surface area contributed by atoms with Crippen molar-refractivity contribution in [2.24, 2.45) is 0 Å². The van der Waals surface area contributed by atoms with Crippen molar-refractivity contribution >= 4 is 0 Å². The van der Waals surface area contributed by atoms with Crippen molar-refractivity contribution in [2.75, 3.05) is 19.8 Å². The molecule has 1 atom stereocenters. The zero-order chi connectivity index (χ0) is 7.94. The molecule has 64 valence electrons. The molecule has 0 bridgehead atoms. The van der Waals surface area contributed by atoms with Crippen LogP contribution in [0.25, 0.3) is 0 Å². The smallest absolute Gasteiger partial charge is 0.0861 e. The Morgan fingerprint density at radius 1 is 1.73 bits per heavy atom. The highest BCUT2D eigenvalue weighted by Gasteiger charge is 2.12. The van der Waals surface area contributed by atoms with Gasteiger partial charge < -0.3 is 4.74 Å². The molecule has 0 aromatic rings. The lowest BCUT2D eigenvalue weighted by Crippen LogP contribution is -2.36. The topological polar surface area (TPSA) is 30.5 Å².